The summed E-state index contributed by atoms with van der Waals surface area (Å²) < 4.78 is 7.29. The highest BCUT2D eigenvalue weighted by atomic mass is 16.5. The second-order valence-electron chi connectivity index (χ2n) is 7.05. The highest BCUT2D eigenvalue weighted by Gasteiger charge is 2.19. The molecule has 6 nitrogen and oxygen atoms in total. The predicted molar refractivity (Wildman–Crippen MR) is 107 cm³/mol. The molecule has 0 atom stereocenters. The van der Waals surface area contributed by atoms with Gasteiger partial charge in [-0.1, -0.05) is 18.2 Å². The van der Waals surface area contributed by atoms with Crippen molar-refractivity contribution >= 4 is 22.9 Å². The molecular formula is C22H23N3O3. The molecule has 144 valence electrons. The van der Waals surface area contributed by atoms with Crippen molar-refractivity contribution in [2.45, 2.75) is 26.2 Å². The first-order chi connectivity index (χ1) is 13.6. The highest BCUT2D eigenvalue weighted by Crippen LogP contribution is 2.22. The van der Waals surface area contributed by atoms with Gasteiger partial charge in [-0.05, 0) is 56.5 Å². The van der Waals surface area contributed by atoms with E-state index in [4.69, 9.17) is 4.74 Å². The number of aryl methyl sites for hydroxylation is 1. The Kier molecular flexibility index (Phi) is 5.10. The molecule has 1 amide bonds. The molecule has 2 aromatic carbocycles. The average molecular weight is 377 g/mol. The molecule has 0 bridgehead atoms. The monoisotopic (exact) mass is 377 g/mol. The van der Waals surface area contributed by atoms with Crippen molar-refractivity contribution in [2.24, 2.45) is 0 Å². The summed E-state index contributed by atoms with van der Waals surface area (Å²) in [4.78, 5) is 30.9. The number of piperidine rings is 1. The molecule has 1 aliphatic rings. The van der Waals surface area contributed by atoms with E-state index in [-0.39, 0.29) is 12.5 Å². The van der Waals surface area contributed by atoms with Gasteiger partial charge in [-0.15, -0.1) is 0 Å². The van der Waals surface area contributed by atoms with Crippen molar-refractivity contribution in [1.82, 2.24) is 14.5 Å². The van der Waals surface area contributed by atoms with Crippen molar-refractivity contribution in [3.05, 3.63) is 59.9 Å². The number of imidazole rings is 1. The van der Waals surface area contributed by atoms with Gasteiger partial charge >= 0.3 is 5.97 Å². The molecule has 6 heteroatoms. The fourth-order valence-electron chi connectivity index (χ4n) is 3.68. The fraction of sp³-hybridized carbons (Fsp3) is 0.318. The summed E-state index contributed by atoms with van der Waals surface area (Å²) in [7, 11) is 0. The van der Waals surface area contributed by atoms with Gasteiger partial charge in [0.05, 0.1) is 16.6 Å². The number of hydrogen-bond donors (Lipinski definition) is 0. The molecule has 0 radical (unpaired) electrons. The van der Waals surface area contributed by atoms with Gasteiger partial charge in [0.15, 0.2) is 6.61 Å². The molecule has 0 unspecified atom stereocenters. The maximum absolute atomic E-state index is 12.4. The molecule has 28 heavy (non-hydrogen) atoms. The van der Waals surface area contributed by atoms with Crippen molar-refractivity contribution in [3.63, 3.8) is 0 Å². The minimum absolute atomic E-state index is 0.127. The third-order valence-electron chi connectivity index (χ3n) is 5.11. The molecule has 0 N–H and O–H groups in total. The van der Waals surface area contributed by atoms with Crippen LogP contribution < -0.4 is 0 Å². The summed E-state index contributed by atoms with van der Waals surface area (Å²) in [5.41, 5.74) is 3.06. The van der Waals surface area contributed by atoms with Gasteiger partial charge < -0.3 is 9.64 Å². The van der Waals surface area contributed by atoms with E-state index in [1.807, 2.05) is 47.9 Å². The normalized spacial score (nSPS) is 14.2. The fourth-order valence-corrected chi connectivity index (χ4v) is 3.68. The van der Waals surface area contributed by atoms with E-state index in [2.05, 4.69) is 4.98 Å². The third kappa shape index (κ3) is 3.63. The van der Waals surface area contributed by atoms with Crippen LogP contribution >= 0.6 is 0 Å². The third-order valence-corrected chi connectivity index (χ3v) is 5.11. The van der Waals surface area contributed by atoms with Crippen molar-refractivity contribution < 1.29 is 14.3 Å². The Morgan fingerprint density at radius 2 is 1.79 bits per heavy atom. The molecule has 1 saturated heterocycles. The first-order valence-electron chi connectivity index (χ1n) is 9.63. The molecule has 0 spiro atoms. The first-order valence-corrected chi connectivity index (χ1v) is 9.63. The minimum Gasteiger partial charge on any atom is -0.452 e. The predicted octanol–water partition coefficient (Wildman–Crippen LogP) is 3.50. The number of carbonyl (C=O) groups excluding carboxylic acids is 2. The zero-order valence-corrected chi connectivity index (χ0v) is 15.9. The lowest BCUT2D eigenvalue weighted by Crippen LogP contribution is -2.38. The molecule has 0 saturated carbocycles. The first kappa shape index (κ1) is 18.2. The van der Waals surface area contributed by atoms with Gasteiger partial charge in [-0.25, -0.2) is 9.78 Å². The topological polar surface area (TPSA) is 64.4 Å². The summed E-state index contributed by atoms with van der Waals surface area (Å²) in [5, 5.41) is 0. The molecule has 3 aromatic rings. The summed E-state index contributed by atoms with van der Waals surface area (Å²) in [5.74, 6) is 0.212. The number of benzene rings is 2. The van der Waals surface area contributed by atoms with E-state index in [1.54, 1.807) is 17.0 Å². The Morgan fingerprint density at radius 1 is 1.04 bits per heavy atom. The number of fused-ring (bicyclic) bond motifs is 1. The van der Waals surface area contributed by atoms with Crippen molar-refractivity contribution in [2.75, 3.05) is 19.7 Å². The zero-order chi connectivity index (χ0) is 19.5. The van der Waals surface area contributed by atoms with Crippen LogP contribution in [0.4, 0.5) is 0 Å². The van der Waals surface area contributed by atoms with Crippen LogP contribution in [-0.2, 0) is 9.53 Å². The van der Waals surface area contributed by atoms with Crippen LogP contribution in [0.2, 0.25) is 0 Å². The Bertz CT molecular complexity index is 1000. The molecular weight excluding hydrogens is 354 g/mol. The lowest BCUT2D eigenvalue weighted by atomic mass is 10.1. The van der Waals surface area contributed by atoms with Gasteiger partial charge in [0, 0.05) is 18.8 Å². The number of amides is 1. The number of para-hydroxylation sites is 1. The van der Waals surface area contributed by atoms with Gasteiger partial charge in [0.2, 0.25) is 0 Å². The number of ether oxygens (including phenoxy) is 1. The van der Waals surface area contributed by atoms with E-state index in [0.717, 1.165) is 54.9 Å². The largest absolute Gasteiger partial charge is 0.452 e. The van der Waals surface area contributed by atoms with E-state index in [9.17, 15) is 9.59 Å². The molecule has 1 aromatic heterocycles. The molecule has 1 aliphatic heterocycles. The van der Waals surface area contributed by atoms with Gasteiger partial charge in [-0.2, -0.15) is 0 Å². The lowest BCUT2D eigenvalue weighted by Gasteiger charge is -2.26. The molecule has 1 fully saturated rings. The van der Waals surface area contributed by atoms with Crippen molar-refractivity contribution in [3.8, 4) is 5.69 Å². The van der Waals surface area contributed by atoms with Crippen LogP contribution in [0.1, 0.15) is 35.4 Å². The van der Waals surface area contributed by atoms with Gasteiger partial charge in [-0.3, -0.25) is 9.36 Å². The SMILES string of the molecule is Cc1nc2cc(C(=O)OCC(=O)N3CCCCC3)ccc2n1-c1ccccc1. The highest BCUT2D eigenvalue weighted by molar-refractivity contribution is 5.95. The van der Waals surface area contributed by atoms with Crippen LogP contribution in [0.3, 0.4) is 0 Å². The van der Waals surface area contributed by atoms with Crippen LogP contribution in [0, 0.1) is 6.92 Å². The summed E-state index contributed by atoms with van der Waals surface area (Å²) >= 11 is 0. The quantitative estimate of drug-likeness (QED) is 0.653. The van der Waals surface area contributed by atoms with E-state index < -0.39 is 5.97 Å². The van der Waals surface area contributed by atoms with Crippen LogP contribution in [0.15, 0.2) is 48.5 Å². The van der Waals surface area contributed by atoms with Gasteiger partial charge in [0.25, 0.3) is 5.91 Å². The molecule has 0 aliphatic carbocycles. The second-order valence-corrected chi connectivity index (χ2v) is 7.05. The van der Waals surface area contributed by atoms with Crippen LogP contribution in [0.5, 0.6) is 0 Å². The van der Waals surface area contributed by atoms with Crippen LogP contribution in [-0.4, -0.2) is 46.0 Å². The lowest BCUT2D eigenvalue weighted by molar-refractivity contribution is -0.135. The van der Waals surface area contributed by atoms with E-state index in [0.29, 0.717) is 5.56 Å². The summed E-state index contributed by atoms with van der Waals surface area (Å²) in [6, 6.07) is 15.3. The standard InChI is InChI=1S/C22H23N3O3/c1-16-23-19-14-17(10-11-20(19)25(16)18-8-4-2-5-9-18)22(27)28-15-21(26)24-12-6-3-7-13-24/h2,4-5,8-11,14H,3,6-7,12-13,15H2,1H3. The maximum Gasteiger partial charge on any atom is 0.338 e. The molecule has 2 heterocycles. The Labute approximate surface area is 163 Å². The average Bonchev–Trinajstić information content (AvgIpc) is 3.07. The number of rotatable bonds is 4. The van der Waals surface area contributed by atoms with Gasteiger partial charge in [0.1, 0.15) is 5.82 Å². The number of nitrogens with zero attached hydrogens (tertiary/aromatic N) is 3. The number of hydrogen-bond acceptors (Lipinski definition) is 4. The Hall–Kier alpha value is -3.15. The maximum atomic E-state index is 12.4. The smallest absolute Gasteiger partial charge is 0.338 e. The van der Waals surface area contributed by atoms with E-state index in [1.165, 1.54) is 0 Å². The molecule has 4 rings (SSSR count). The van der Waals surface area contributed by atoms with E-state index >= 15 is 0 Å². The summed E-state index contributed by atoms with van der Waals surface area (Å²) in [6.07, 6.45) is 3.18. The number of likely N-dealkylation sites (tertiary alicyclic amines) is 1. The van der Waals surface area contributed by atoms with Crippen LogP contribution in [0.25, 0.3) is 16.7 Å². The second kappa shape index (κ2) is 7.84. The Morgan fingerprint density at radius 3 is 2.54 bits per heavy atom. The number of esters is 1. The number of carbonyl (C=O) groups is 2. The summed E-state index contributed by atoms with van der Waals surface area (Å²) in [6.45, 7) is 3.22. The van der Waals surface area contributed by atoms with Crippen molar-refractivity contribution in [1.29, 1.82) is 0 Å². The minimum atomic E-state index is -0.501. The Balaban J connectivity index is 1.50. The number of aromatic nitrogens is 2. The zero-order valence-electron chi connectivity index (χ0n) is 15.9.